The Labute approximate surface area is 104 Å². The molecule has 0 saturated heterocycles. The molecule has 0 aliphatic rings. The minimum atomic E-state index is 0.204. The van der Waals surface area contributed by atoms with Gasteiger partial charge < -0.3 is 5.32 Å². The van der Waals surface area contributed by atoms with Crippen molar-refractivity contribution in [1.29, 1.82) is 0 Å². The second kappa shape index (κ2) is 5.39. The van der Waals surface area contributed by atoms with Gasteiger partial charge in [-0.05, 0) is 30.1 Å². The zero-order valence-corrected chi connectivity index (χ0v) is 10.4. The Hall–Kier alpha value is -0.970. The van der Waals surface area contributed by atoms with Crippen molar-refractivity contribution < 1.29 is 0 Å². The maximum atomic E-state index is 6.11. The molecule has 1 aromatic heterocycles. The topological polar surface area (TPSA) is 37.8 Å². The van der Waals surface area contributed by atoms with Crippen molar-refractivity contribution in [2.45, 2.75) is 19.5 Å². The lowest BCUT2D eigenvalue weighted by atomic mass is 10.1. The summed E-state index contributed by atoms with van der Waals surface area (Å²) in [4.78, 5) is 0. The molecule has 1 heterocycles. The van der Waals surface area contributed by atoms with Crippen molar-refractivity contribution in [3.63, 3.8) is 0 Å². The summed E-state index contributed by atoms with van der Waals surface area (Å²) in [6.45, 7) is 2.80. The van der Waals surface area contributed by atoms with Crippen molar-refractivity contribution in [3.8, 4) is 0 Å². The molecular formula is C11H12ClN3S. The molecule has 5 heteroatoms. The predicted octanol–water partition coefficient (Wildman–Crippen LogP) is 3.04. The number of aromatic nitrogens is 2. The van der Waals surface area contributed by atoms with Crippen molar-refractivity contribution >= 4 is 23.1 Å². The van der Waals surface area contributed by atoms with Gasteiger partial charge in [-0.1, -0.05) is 34.3 Å². The number of benzene rings is 1. The maximum Gasteiger partial charge on any atom is 0.0893 e. The van der Waals surface area contributed by atoms with Crippen LogP contribution in [0.3, 0.4) is 0 Å². The van der Waals surface area contributed by atoms with E-state index in [-0.39, 0.29) is 6.04 Å². The van der Waals surface area contributed by atoms with Gasteiger partial charge in [0.25, 0.3) is 0 Å². The Morgan fingerprint density at radius 3 is 2.94 bits per heavy atom. The van der Waals surface area contributed by atoms with Crippen LogP contribution in [0.4, 0.5) is 0 Å². The van der Waals surface area contributed by atoms with Crippen LogP contribution < -0.4 is 5.32 Å². The van der Waals surface area contributed by atoms with Gasteiger partial charge in [-0.2, -0.15) is 0 Å². The largest absolute Gasteiger partial charge is 0.304 e. The lowest BCUT2D eigenvalue weighted by Gasteiger charge is -2.14. The summed E-state index contributed by atoms with van der Waals surface area (Å²) in [6.07, 6.45) is 0. The third-order valence-corrected chi connectivity index (χ3v) is 3.26. The van der Waals surface area contributed by atoms with Crippen LogP contribution in [0.5, 0.6) is 0 Å². The highest BCUT2D eigenvalue weighted by atomic mass is 35.5. The van der Waals surface area contributed by atoms with Gasteiger partial charge in [0.1, 0.15) is 0 Å². The minimum Gasteiger partial charge on any atom is -0.304 e. The van der Waals surface area contributed by atoms with Crippen LogP contribution >= 0.6 is 23.1 Å². The molecule has 1 aromatic carbocycles. The molecule has 0 aliphatic carbocycles. The van der Waals surface area contributed by atoms with Crippen LogP contribution in [-0.2, 0) is 6.54 Å². The van der Waals surface area contributed by atoms with E-state index in [1.54, 1.807) is 0 Å². The normalized spacial score (nSPS) is 12.6. The molecule has 84 valence electrons. The van der Waals surface area contributed by atoms with E-state index in [2.05, 4.69) is 21.8 Å². The highest BCUT2D eigenvalue weighted by Crippen LogP contribution is 2.22. The molecule has 2 rings (SSSR count). The molecule has 0 radical (unpaired) electrons. The van der Waals surface area contributed by atoms with Crippen LogP contribution in [0.1, 0.15) is 24.2 Å². The predicted molar refractivity (Wildman–Crippen MR) is 66.6 cm³/mol. The van der Waals surface area contributed by atoms with Gasteiger partial charge in [0, 0.05) is 23.0 Å². The van der Waals surface area contributed by atoms with Crippen LogP contribution in [0.2, 0.25) is 5.02 Å². The monoisotopic (exact) mass is 253 g/mol. The zero-order chi connectivity index (χ0) is 11.4. The van der Waals surface area contributed by atoms with Gasteiger partial charge in [-0.15, -0.1) is 5.10 Å². The molecule has 0 fully saturated rings. The Morgan fingerprint density at radius 2 is 2.25 bits per heavy atom. The minimum absolute atomic E-state index is 0.204. The highest BCUT2D eigenvalue weighted by molar-refractivity contribution is 7.03. The van der Waals surface area contributed by atoms with Gasteiger partial charge in [-0.3, -0.25) is 0 Å². The Kier molecular flexibility index (Phi) is 3.88. The summed E-state index contributed by atoms with van der Waals surface area (Å²) in [5.74, 6) is 0. The van der Waals surface area contributed by atoms with E-state index in [0.29, 0.717) is 6.54 Å². The Bertz CT molecular complexity index is 444. The summed E-state index contributed by atoms with van der Waals surface area (Å²) >= 11 is 7.48. The van der Waals surface area contributed by atoms with E-state index >= 15 is 0 Å². The molecule has 0 spiro atoms. The first-order valence-corrected chi connectivity index (χ1v) is 6.22. The number of hydrogen-bond donors (Lipinski definition) is 1. The number of nitrogens with one attached hydrogen (secondary N) is 1. The van der Waals surface area contributed by atoms with Crippen LogP contribution in [0.15, 0.2) is 29.6 Å². The average molecular weight is 254 g/mol. The molecule has 0 bridgehead atoms. The standard InChI is InChI=1S/C11H12ClN3S/c1-8(10-4-2-3-5-11(10)12)13-6-9-7-16-15-14-9/h2-5,7-8,13H,6H2,1H3. The summed E-state index contributed by atoms with van der Waals surface area (Å²) in [7, 11) is 0. The number of nitrogens with zero attached hydrogens (tertiary/aromatic N) is 2. The second-order valence-corrected chi connectivity index (χ2v) is 4.54. The van der Waals surface area contributed by atoms with E-state index in [0.717, 1.165) is 16.3 Å². The van der Waals surface area contributed by atoms with E-state index < -0.39 is 0 Å². The maximum absolute atomic E-state index is 6.11. The fourth-order valence-electron chi connectivity index (χ4n) is 1.45. The lowest BCUT2D eigenvalue weighted by molar-refractivity contribution is 0.567. The van der Waals surface area contributed by atoms with Crippen LogP contribution in [0.25, 0.3) is 0 Å². The SMILES string of the molecule is CC(NCc1csnn1)c1ccccc1Cl. The van der Waals surface area contributed by atoms with Crippen molar-refractivity contribution in [2.75, 3.05) is 0 Å². The molecule has 0 amide bonds. The molecular weight excluding hydrogens is 242 g/mol. The molecule has 1 unspecified atom stereocenters. The third kappa shape index (κ3) is 2.78. The van der Waals surface area contributed by atoms with Gasteiger partial charge in [0.05, 0.1) is 5.69 Å². The average Bonchev–Trinajstić information content (AvgIpc) is 2.79. The van der Waals surface area contributed by atoms with Crippen LogP contribution in [-0.4, -0.2) is 9.59 Å². The molecule has 0 saturated carbocycles. The van der Waals surface area contributed by atoms with Crippen molar-refractivity contribution in [1.82, 2.24) is 14.9 Å². The van der Waals surface area contributed by atoms with Gasteiger partial charge in [-0.25, -0.2) is 0 Å². The number of halogens is 1. The number of hydrogen-bond acceptors (Lipinski definition) is 4. The summed E-state index contributed by atoms with van der Waals surface area (Å²) in [5.41, 5.74) is 2.07. The van der Waals surface area contributed by atoms with Gasteiger partial charge in [0.15, 0.2) is 0 Å². The van der Waals surface area contributed by atoms with Gasteiger partial charge >= 0.3 is 0 Å². The number of rotatable bonds is 4. The van der Waals surface area contributed by atoms with E-state index in [1.807, 2.05) is 29.6 Å². The third-order valence-electron chi connectivity index (χ3n) is 2.37. The quantitative estimate of drug-likeness (QED) is 0.910. The molecule has 16 heavy (non-hydrogen) atoms. The van der Waals surface area contributed by atoms with Crippen molar-refractivity contribution in [3.05, 3.63) is 45.9 Å². The van der Waals surface area contributed by atoms with Crippen LogP contribution in [0, 0.1) is 0 Å². The molecule has 1 atom stereocenters. The fraction of sp³-hybridized carbons (Fsp3) is 0.273. The molecule has 3 nitrogen and oxygen atoms in total. The first kappa shape index (κ1) is 11.5. The molecule has 0 aliphatic heterocycles. The van der Waals surface area contributed by atoms with Gasteiger partial charge in [0.2, 0.25) is 0 Å². The summed E-state index contributed by atoms with van der Waals surface area (Å²) < 4.78 is 3.82. The lowest BCUT2D eigenvalue weighted by Crippen LogP contribution is -2.18. The Balaban J connectivity index is 1.98. The Morgan fingerprint density at radius 1 is 1.44 bits per heavy atom. The highest BCUT2D eigenvalue weighted by Gasteiger charge is 2.08. The van der Waals surface area contributed by atoms with E-state index in [4.69, 9.17) is 11.6 Å². The fourth-order valence-corrected chi connectivity index (χ4v) is 2.21. The van der Waals surface area contributed by atoms with E-state index in [1.165, 1.54) is 11.5 Å². The summed E-state index contributed by atoms with van der Waals surface area (Å²) in [6, 6.07) is 8.06. The zero-order valence-electron chi connectivity index (χ0n) is 8.85. The van der Waals surface area contributed by atoms with Crippen molar-refractivity contribution in [2.24, 2.45) is 0 Å². The first-order chi connectivity index (χ1) is 7.77. The molecule has 1 N–H and O–H groups in total. The second-order valence-electron chi connectivity index (χ2n) is 3.52. The van der Waals surface area contributed by atoms with E-state index in [9.17, 15) is 0 Å². The first-order valence-electron chi connectivity index (χ1n) is 5.01. The molecule has 2 aromatic rings. The smallest absolute Gasteiger partial charge is 0.0893 e. The summed E-state index contributed by atoms with van der Waals surface area (Å²) in [5, 5.41) is 10.1.